The van der Waals surface area contributed by atoms with Gasteiger partial charge in [0.25, 0.3) is 0 Å². The predicted molar refractivity (Wildman–Crippen MR) is 78.3 cm³/mol. The Kier molecular flexibility index (Phi) is 4.55. The monoisotopic (exact) mass is 307 g/mol. The van der Waals surface area contributed by atoms with Crippen LogP contribution < -0.4 is 5.32 Å². The van der Waals surface area contributed by atoms with Crippen LogP contribution in [0.2, 0.25) is 0 Å². The third-order valence-corrected chi connectivity index (χ3v) is 3.42. The Morgan fingerprint density at radius 1 is 1.33 bits per heavy atom. The maximum absolute atomic E-state index is 4.15. The van der Waals surface area contributed by atoms with Crippen LogP contribution in [0.3, 0.4) is 0 Å². The lowest BCUT2D eigenvalue weighted by molar-refractivity contribution is 0.553. The summed E-state index contributed by atoms with van der Waals surface area (Å²) in [5.74, 6) is 0.656. The summed E-state index contributed by atoms with van der Waals surface area (Å²) in [6, 6.07) is 8.18. The zero-order chi connectivity index (χ0) is 13.0. The number of nitrogens with one attached hydrogen (secondary N) is 2. The molecule has 3 nitrogen and oxygen atoms in total. The molecule has 0 saturated carbocycles. The minimum Gasteiger partial charge on any atom is -0.312 e. The first-order valence-corrected chi connectivity index (χ1v) is 6.95. The van der Waals surface area contributed by atoms with Gasteiger partial charge in [0, 0.05) is 22.1 Å². The van der Waals surface area contributed by atoms with Gasteiger partial charge in [-0.1, -0.05) is 48.0 Å². The molecule has 2 rings (SSSR count). The highest BCUT2D eigenvalue weighted by Gasteiger charge is 2.09. The van der Waals surface area contributed by atoms with Gasteiger partial charge in [0.05, 0.1) is 11.9 Å². The molecule has 4 heteroatoms. The fourth-order valence-corrected chi connectivity index (χ4v) is 2.32. The van der Waals surface area contributed by atoms with Crippen LogP contribution in [0.1, 0.15) is 19.4 Å². The highest BCUT2D eigenvalue weighted by Crippen LogP contribution is 2.28. The molecule has 0 aliphatic rings. The van der Waals surface area contributed by atoms with Crippen molar-refractivity contribution >= 4 is 15.9 Å². The molecule has 0 bridgehead atoms. The normalized spacial score (nSPS) is 11.1. The molecule has 96 valence electrons. The van der Waals surface area contributed by atoms with E-state index in [4.69, 9.17) is 0 Å². The zero-order valence-corrected chi connectivity index (χ0v) is 12.3. The van der Waals surface area contributed by atoms with Crippen LogP contribution in [0.25, 0.3) is 11.3 Å². The first kappa shape index (κ1) is 13.3. The van der Waals surface area contributed by atoms with E-state index in [0.717, 1.165) is 28.8 Å². The summed E-state index contributed by atoms with van der Waals surface area (Å²) >= 11 is 3.58. The molecule has 0 aliphatic heterocycles. The molecule has 2 aromatic rings. The lowest BCUT2D eigenvalue weighted by Crippen LogP contribution is -2.19. The first-order chi connectivity index (χ1) is 8.68. The fraction of sp³-hybridized carbons (Fsp3) is 0.357. The van der Waals surface area contributed by atoms with Gasteiger partial charge in [-0.3, -0.25) is 5.10 Å². The number of aromatic amines is 1. The lowest BCUT2D eigenvalue weighted by Gasteiger charge is -2.08. The Morgan fingerprint density at radius 2 is 2.11 bits per heavy atom. The zero-order valence-electron chi connectivity index (χ0n) is 10.7. The molecule has 0 saturated heterocycles. The number of hydrogen-bond acceptors (Lipinski definition) is 2. The number of rotatable bonds is 5. The molecule has 2 N–H and O–H groups in total. The Morgan fingerprint density at radius 3 is 2.83 bits per heavy atom. The van der Waals surface area contributed by atoms with E-state index in [-0.39, 0.29) is 0 Å². The second-order valence-electron chi connectivity index (χ2n) is 4.77. The van der Waals surface area contributed by atoms with Gasteiger partial charge in [-0.15, -0.1) is 0 Å². The molecule has 0 amide bonds. The van der Waals surface area contributed by atoms with Crippen molar-refractivity contribution in [3.8, 4) is 11.3 Å². The van der Waals surface area contributed by atoms with Crippen LogP contribution in [-0.4, -0.2) is 16.7 Å². The van der Waals surface area contributed by atoms with Gasteiger partial charge in [-0.05, 0) is 18.5 Å². The second-order valence-corrected chi connectivity index (χ2v) is 5.63. The van der Waals surface area contributed by atoms with E-state index in [1.807, 2.05) is 24.4 Å². The van der Waals surface area contributed by atoms with Crippen LogP contribution in [0.5, 0.6) is 0 Å². The van der Waals surface area contributed by atoms with Crippen molar-refractivity contribution in [3.05, 3.63) is 40.5 Å². The minimum atomic E-state index is 0.656. The third kappa shape index (κ3) is 3.21. The number of hydrogen-bond donors (Lipinski definition) is 2. The molecular formula is C14H18BrN3. The highest BCUT2D eigenvalue weighted by atomic mass is 79.9. The molecule has 0 spiro atoms. The van der Waals surface area contributed by atoms with Crippen molar-refractivity contribution in [2.75, 3.05) is 6.54 Å². The van der Waals surface area contributed by atoms with Gasteiger partial charge in [-0.2, -0.15) is 5.10 Å². The predicted octanol–water partition coefficient (Wildman–Crippen LogP) is 3.58. The molecule has 1 heterocycles. The van der Waals surface area contributed by atoms with Crippen molar-refractivity contribution in [2.24, 2.45) is 5.92 Å². The SMILES string of the molecule is CC(C)CNCc1cn[nH]c1-c1ccccc1Br. The molecule has 18 heavy (non-hydrogen) atoms. The standard InChI is InChI=1S/C14H18BrN3/c1-10(2)7-16-8-11-9-17-18-14(11)12-5-3-4-6-13(12)15/h3-6,9-10,16H,7-8H2,1-2H3,(H,17,18). The maximum atomic E-state index is 4.15. The number of benzene rings is 1. The molecule has 0 fully saturated rings. The van der Waals surface area contributed by atoms with Gasteiger partial charge in [-0.25, -0.2) is 0 Å². The maximum Gasteiger partial charge on any atom is 0.0706 e. The van der Waals surface area contributed by atoms with E-state index < -0.39 is 0 Å². The molecule has 0 radical (unpaired) electrons. The average Bonchev–Trinajstić information content (AvgIpc) is 2.77. The summed E-state index contributed by atoms with van der Waals surface area (Å²) in [6.07, 6.45) is 1.89. The van der Waals surface area contributed by atoms with E-state index in [1.54, 1.807) is 0 Å². The number of nitrogens with zero attached hydrogens (tertiary/aromatic N) is 1. The summed E-state index contributed by atoms with van der Waals surface area (Å²) < 4.78 is 1.08. The highest BCUT2D eigenvalue weighted by molar-refractivity contribution is 9.10. The van der Waals surface area contributed by atoms with Gasteiger partial charge >= 0.3 is 0 Å². The Bertz CT molecular complexity index is 505. The summed E-state index contributed by atoms with van der Waals surface area (Å²) in [6.45, 7) is 6.26. The van der Waals surface area contributed by atoms with Crippen molar-refractivity contribution < 1.29 is 0 Å². The average molecular weight is 308 g/mol. The summed E-state index contributed by atoms with van der Waals surface area (Å²) in [4.78, 5) is 0. The Hall–Kier alpha value is -1.13. The van der Waals surface area contributed by atoms with Crippen LogP contribution in [0, 0.1) is 5.92 Å². The van der Waals surface area contributed by atoms with Crippen molar-refractivity contribution in [2.45, 2.75) is 20.4 Å². The van der Waals surface area contributed by atoms with E-state index in [9.17, 15) is 0 Å². The fourth-order valence-electron chi connectivity index (χ4n) is 1.84. The van der Waals surface area contributed by atoms with Crippen LogP contribution in [-0.2, 0) is 6.54 Å². The second kappa shape index (κ2) is 6.16. The van der Waals surface area contributed by atoms with Gasteiger partial charge in [0.2, 0.25) is 0 Å². The lowest BCUT2D eigenvalue weighted by atomic mass is 10.1. The third-order valence-electron chi connectivity index (χ3n) is 2.73. The molecule has 0 aliphatic carbocycles. The van der Waals surface area contributed by atoms with Crippen molar-refractivity contribution in [1.82, 2.24) is 15.5 Å². The van der Waals surface area contributed by atoms with E-state index in [1.165, 1.54) is 5.56 Å². The molecule has 0 unspecified atom stereocenters. The first-order valence-electron chi connectivity index (χ1n) is 6.16. The minimum absolute atomic E-state index is 0.656. The number of halogens is 1. The number of aromatic nitrogens is 2. The van der Waals surface area contributed by atoms with E-state index in [0.29, 0.717) is 5.92 Å². The van der Waals surface area contributed by atoms with Crippen LogP contribution in [0.4, 0.5) is 0 Å². The van der Waals surface area contributed by atoms with Crippen LogP contribution in [0.15, 0.2) is 34.9 Å². The molecule has 1 aromatic carbocycles. The van der Waals surface area contributed by atoms with Crippen molar-refractivity contribution in [3.63, 3.8) is 0 Å². The number of H-pyrrole nitrogens is 1. The van der Waals surface area contributed by atoms with Crippen molar-refractivity contribution in [1.29, 1.82) is 0 Å². The summed E-state index contributed by atoms with van der Waals surface area (Å²) in [5, 5.41) is 10.7. The summed E-state index contributed by atoms with van der Waals surface area (Å²) in [5.41, 5.74) is 3.43. The molecule has 0 atom stereocenters. The van der Waals surface area contributed by atoms with Gasteiger partial charge in [0.15, 0.2) is 0 Å². The smallest absolute Gasteiger partial charge is 0.0706 e. The van der Waals surface area contributed by atoms with Gasteiger partial charge < -0.3 is 5.32 Å². The van der Waals surface area contributed by atoms with Crippen LogP contribution >= 0.6 is 15.9 Å². The Balaban J connectivity index is 2.15. The van der Waals surface area contributed by atoms with E-state index >= 15 is 0 Å². The van der Waals surface area contributed by atoms with Gasteiger partial charge in [0.1, 0.15) is 0 Å². The summed E-state index contributed by atoms with van der Waals surface area (Å²) in [7, 11) is 0. The molecule has 1 aromatic heterocycles. The quantitative estimate of drug-likeness (QED) is 0.886. The Labute approximate surface area is 116 Å². The van der Waals surface area contributed by atoms with E-state index in [2.05, 4.69) is 51.4 Å². The topological polar surface area (TPSA) is 40.7 Å². The molecular weight excluding hydrogens is 290 g/mol. The largest absolute Gasteiger partial charge is 0.312 e.